The molecule has 0 spiro atoms. The average Bonchev–Trinajstić information content (AvgIpc) is 2.14. The van der Waals surface area contributed by atoms with Crippen LogP contribution in [0.15, 0.2) is 0 Å². The Bertz CT molecular complexity index is 264. The van der Waals surface area contributed by atoms with Crippen LogP contribution < -0.4 is 0 Å². The van der Waals surface area contributed by atoms with Crippen molar-refractivity contribution in [1.82, 2.24) is 0 Å². The van der Waals surface area contributed by atoms with Gasteiger partial charge in [-0.3, -0.25) is 0 Å². The second kappa shape index (κ2) is 4.20. The molecule has 0 aliphatic rings. The predicted octanol–water partition coefficient (Wildman–Crippen LogP) is 4.20. The standard InChI is InChI=1S/C7H6F10/c1-2-4(9,10)7(16,17)5(11,12)3(8)6(13,14)15/h3H,2H2,1H3/t3-/m0/s1. The van der Waals surface area contributed by atoms with Gasteiger partial charge in [0.2, 0.25) is 0 Å². The van der Waals surface area contributed by atoms with Gasteiger partial charge >= 0.3 is 23.9 Å². The predicted molar refractivity (Wildman–Crippen MR) is 36.1 cm³/mol. The molecule has 0 radical (unpaired) electrons. The summed E-state index contributed by atoms with van der Waals surface area (Å²) in [5.74, 6) is -18.4. The topological polar surface area (TPSA) is 0 Å². The van der Waals surface area contributed by atoms with Crippen molar-refractivity contribution >= 4 is 0 Å². The third-order valence-corrected chi connectivity index (χ3v) is 1.93. The van der Waals surface area contributed by atoms with E-state index in [2.05, 4.69) is 0 Å². The first kappa shape index (κ1) is 16.3. The van der Waals surface area contributed by atoms with Gasteiger partial charge in [0.05, 0.1) is 0 Å². The van der Waals surface area contributed by atoms with Crippen molar-refractivity contribution < 1.29 is 43.9 Å². The van der Waals surface area contributed by atoms with E-state index in [0.717, 1.165) is 0 Å². The van der Waals surface area contributed by atoms with Crippen LogP contribution in [0, 0.1) is 0 Å². The largest absolute Gasteiger partial charge is 0.425 e. The molecule has 0 nitrogen and oxygen atoms in total. The summed E-state index contributed by atoms with van der Waals surface area (Å²) in [5, 5.41) is 0. The van der Waals surface area contributed by atoms with Crippen molar-refractivity contribution in [1.29, 1.82) is 0 Å². The van der Waals surface area contributed by atoms with Crippen molar-refractivity contribution in [3.63, 3.8) is 0 Å². The van der Waals surface area contributed by atoms with Gasteiger partial charge in [0.1, 0.15) is 0 Å². The molecule has 0 aliphatic heterocycles. The Labute approximate surface area is 88.6 Å². The fraction of sp³-hybridized carbons (Fsp3) is 1.00. The zero-order valence-electron chi connectivity index (χ0n) is 8.06. The minimum absolute atomic E-state index is 0.352. The molecule has 0 fully saturated rings. The summed E-state index contributed by atoms with van der Waals surface area (Å²) in [6.07, 6.45) is -13.6. The van der Waals surface area contributed by atoms with Gasteiger partial charge in [0.25, 0.3) is 6.17 Å². The van der Waals surface area contributed by atoms with Gasteiger partial charge in [0.15, 0.2) is 0 Å². The average molecular weight is 280 g/mol. The quantitative estimate of drug-likeness (QED) is 0.677. The molecule has 0 saturated heterocycles. The van der Waals surface area contributed by atoms with Gasteiger partial charge < -0.3 is 0 Å². The van der Waals surface area contributed by atoms with E-state index in [4.69, 9.17) is 0 Å². The molecule has 0 aromatic carbocycles. The van der Waals surface area contributed by atoms with E-state index in [-0.39, 0.29) is 0 Å². The summed E-state index contributed by atoms with van der Waals surface area (Å²) in [6, 6.07) is 0. The second-order valence-electron chi connectivity index (χ2n) is 3.16. The first-order valence-corrected chi connectivity index (χ1v) is 4.06. The fourth-order valence-corrected chi connectivity index (χ4v) is 0.831. The third kappa shape index (κ3) is 2.59. The van der Waals surface area contributed by atoms with E-state index in [1.165, 1.54) is 0 Å². The highest BCUT2D eigenvalue weighted by Crippen LogP contribution is 2.52. The van der Waals surface area contributed by atoms with Crippen LogP contribution in [-0.2, 0) is 0 Å². The van der Waals surface area contributed by atoms with Gasteiger partial charge in [-0.1, -0.05) is 6.92 Å². The number of alkyl halides is 10. The Morgan fingerprint density at radius 2 is 1.18 bits per heavy atom. The van der Waals surface area contributed by atoms with Crippen LogP contribution in [-0.4, -0.2) is 30.1 Å². The maximum absolute atomic E-state index is 12.5. The molecule has 10 heteroatoms. The van der Waals surface area contributed by atoms with Gasteiger partial charge in [-0.15, -0.1) is 0 Å². The van der Waals surface area contributed by atoms with E-state index in [1.807, 2.05) is 0 Å². The fourth-order valence-electron chi connectivity index (χ4n) is 0.831. The van der Waals surface area contributed by atoms with Crippen molar-refractivity contribution in [2.24, 2.45) is 0 Å². The van der Waals surface area contributed by atoms with Gasteiger partial charge in [-0.25, -0.2) is 4.39 Å². The first-order chi connectivity index (χ1) is 7.22. The molecule has 0 saturated carbocycles. The monoisotopic (exact) mass is 280 g/mol. The summed E-state index contributed by atoms with van der Waals surface area (Å²) in [7, 11) is 0. The molecule has 0 aliphatic carbocycles. The molecule has 0 heterocycles. The zero-order valence-corrected chi connectivity index (χ0v) is 8.06. The Kier molecular flexibility index (Phi) is 4.03. The smallest absolute Gasteiger partial charge is 0.230 e. The molecule has 0 N–H and O–H groups in total. The summed E-state index contributed by atoms with van der Waals surface area (Å²) >= 11 is 0. The molecule has 0 aromatic rings. The Morgan fingerprint density at radius 3 is 1.41 bits per heavy atom. The lowest BCUT2D eigenvalue weighted by molar-refractivity contribution is -0.356. The number of hydrogen-bond donors (Lipinski definition) is 0. The van der Waals surface area contributed by atoms with E-state index >= 15 is 0 Å². The molecule has 0 amide bonds. The number of halogens is 10. The second-order valence-corrected chi connectivity index (χ2v) is 3.16. The van der Waals surface area contributed by atoms with Crippen LogP contribution in [0.4, 0.5) is 43.9 Å². The van der Waals surface area contributed by atoms with Crippen molar-refractivity contribution in [2.75, 3.05) is 0 Å². The summed E-state index contributed by atoms with van der Waals surface area (Å²) in [6.45, 7) is 0.352. The highest BCUT2D eigenvalue weighted by molar-refractivity contribution is 5.01. The zero-order chi connectivity index (χ0) is 14.3. The Balaban J connectivity index is 5.45. The van der Waals surface area contributed by atoms with Crippen LogP contribution >= 0.6 is 0 Å². The SMILES string of the molecule is CCC(F)(F)C(F)(F)C(F)(F)[C@H](F)C(F)(F)F. The van der Waals surface area contributed by atoms with Crippen LogP contribution in [0.2, 0.25) is 0 Å². The van der Waals surface area contributed by atoms with Crippen molar-refractivity contribution in [2.45, 2.75) is 43.5 Å². The van der Waals surface area contributed by atoms with Crippen LogP contribution in [0.25, 0.3) is 0 Å². The molecular weight excluding hydrogens is 274 g/mol. The maximum Gasteiger partial charge on any atom is 0.425 e. The van der Waals surface area contributed by atoms with Crippen LogP contribution in [0.5, 0.6) is 0 Å². The van der Waals surface area contributed by atoms with E-state index < -0.39 is 36.5 Å². The Hall–Kier alpha value is -0.700. The van der Waals surface area contributed by atoms with E-state index in [0.29, 0.717) is 6.92 Å². The summed E-state index contributed by atoms with van der Waals surface area (Å²) in [5.41, 5.74) is 0. The summed E-state index contributed by atoms with van der Waals surface area (Å²) in [4.78, 5) is 0. The number of hydrogen-bond acceptors (Lipinski definition) is 0. The molecule has 1 atom stereocenters. The van der Waals surface area contributed by atoms with E-state index in [9.17, 15) is 43.9 Å². The van der Waals surface area contributed by atoms with Crippen LogP contribution in [0.3, 0.4) is 0 Å². The minimum Gasteiger partial charge on any atom is -0.230 e. The molecule has 0 unspecified atom stereocenters. The molecule has 0 bridgehead atoms. The number of rotatable bonds is 4. The normalized spacial score (nSPS) is 17.1. The maximum atomic E-state index is 12.5. The lowest BCUT2D eigenvalue weighted by Crippen LogP contribution is -2.61. The van der Waals surface area contributed by atoms with E-state index in [1.54, 1.807) is 0 Å². The lowest BCUT2D eigenvalue weighted by Gasteiger charge is -2.34. The minimum atomic E-state index is -6.55. The third-order valence-electron chi connectivity index (χ3n) is 1.93. The molecule has 0 rings (SSSR count). The lowest BCUT2D eigenvalue weighted by atomic mass is 9.98. The highest BCUT2D eigenvalue weighted by Gasteiger charge is 2.77. The molecular formula is C7H6F10. The van der Waals surface area contributed by atoms with Gasteiger partial charge in [-0.2, -0.15) is 39.5 Å². The van der Waals surface area contributed by atoms with Crippen molar-refractivity contribution in [3.05, 3.63) is 0 Å². The molecule has 104 valence electrons. The van der Waals surface area contributed by atoms with Crippen molar-refractivity contribution in [3.8, 4) is 0 Å². The Morgan fingerprint density at radius 1 is 0.824 bits per heavy atom. The summed E-state index contributed by atoms with van der Waals surface area (Å²) < 4.78 is 122. The van der Waals surface area contributed by atoms with Gasteiger partial charge in [-0.05, 0) is 0 Å². The highest BCUT2D eigenvalue weighted by atomic mass is 19.4. The van der Waals surface area contributed by atoms with Crippen LogP contribution in [0.1, 0.15) is 13.3 Å². The first-order valence-electron chi connectivity index (χ1n) is 4.06. The molecule has 17 heavy (non-hydrogen) atoms. The molecule has 0 aromatic heterocycles. The van der Waals surface area contributed by atoms with Gasteiger partial charge in [0, 0.05) is 6.42 Å².